The largest absolute Gasteiger partial charge is 0.439 e. The molecule has 8 unspecified atom stereocenters. The minimum absolute atomic E-state index is 0.230. The van der Waals surface area contributed by atoms with E-state index in [0.717, 1.165) is 69.3 Å². The monoisotopic (exact) mass is 688 g/mol. The number of ether oxygens (including phenoxy) is 2. The Bertz CT molecular complexity index is 921. The van der Waals surface area contributed by atoms with Crippen molar-refractivity contribution in [3.05, 3.63) is 12.2 Å². The first-order valence-corrected chi connectivity index (χ1v) is 34.6. The average Bonchev–Trinajstić information content (AvgIpc) is 3.57. The molecule has 1 heterocycles. The predicted molar refractivity (Wildman–Crippen MR) is 190 cm³/mol. The van der Waals surface area contributed by atoms with Crippen molar-refractivity contribution in [2.45, 2.75) is 116 Å². The molecule has 8 atom stereocenters. The Hall–Kier alpha value is 0.801. The van der Waals surface area contributed by atoms with E-state index in [-0.39, 0.29) is 5.41 Å². The first-order valence-electron chi connectivity index (χ1n) is 17.0. The first kappa shape index (κ1) is 35.7. The van der Waals surface area contributed by atoms with E-state index in [1.165, 1.54) is 19.3 Å². The van der Waals surface area contributed by atoms with Crippen LogP contribution in [-0.4, -0.2) is 83.3 Å². The summed E-state index contributed by atoms with van der Waals surface area (Å²) in [5, 5.41) is 0. The zero-order valence-electron chi connectivity index (χ0n) is 28.9. The molecule has 0 radical (unpaired) electrons. The summed E-state index contributed by atoms with van der Waals surface area (Å²) in [4.78, 5) is 0. The molecule has 0 aromatic heterocycles. The lowest BCUT2D eigenvalue weighted by Crippen LogP contribution is -2.65. The molecular weight excluding hydrogens is 625 g/mol. The fraction of sp³-hybridized carbons (Fsp3) is 0.933. The second-order valence-corrected chi connectivity index (χ2v) is 44.8. The summed E-state index contributed by atoms with van der Waals surface area (Å²) in [6.45, 7) is 29.6. The van der Waals surface area contributed by atoms with Crippen molar-refractivity contribution in [2.24, 2.45) is 29.1 Å². The van der Waals surface area contributed by atoms with Gasteiger partial charge in [0.2, 0.25) is 0 Å². The molecule has 12 heteroatoms. The molecule has 2 saturated carbocycles. The van der Waals surface area contributed by atoms with Crippen LogP contribution in [0.25, 0.3) is 0 Å². The topological polar surface area (TPSA) is 55.4 Å². The van der Waals surface area contributed by atoms with Crippen molar-refractivity contribution < 1.29 is 26.2 Å². The number of fused-ring (bicyclic) bond motifs is 5. The highest BCUT2D eigenvalue weighted by atomic mass is 29.3. The van der Waals surface area contributed by atoms with E-state index in [1.54, 1.807) is 0 Å². The Labute approximate surface area is 265 Å². The van der Waals surface area contributed by atoms with E-state index < -0.39 is 50.6 Å². The molecule has 3 aliphatic carbocycles. The van der Waals surface area contributed by atoms with E-state index in [9.17, 15) is 0 Å². The Morgan fingerprint density at radius 1 is 0.952 bits per heavy atom. The van der Waals surface area contributed by atoms with E-state index >= 15 is 0 Å². The molecule has 1 saturated heterocycles. The van der Waals surface area contributed by atoms with Crippen LogP contribution in [0, 0.1) is 29.1 Å². The highest BCUT2D eigenvalue weighted by Gasteiger charge is 2.62. The van der Waals surface area contributed by atoms with Gasteiger partial charge in [0.05, 0.1) is 36.2 Å². The highest BCUT2D eigenvalue weighted by molar-refractivity contribution is 7.38. The molecule has 6 nitrogen and oxygen atoms in total. The van der Waals surface area contributed by atoms with Gasteiger partial charge in [0.1, 0.15) is 0 Å². The third kappa shape index (κ3) is 8.20. The number of allylic oxidation sites excluding steroid dienone is 2. The van der Waals surface area contributed by atoms with Crippen LogP contribution in [0.2, 0.25) is 77.1 Å². The van der Waals surface area contributed by atoms with Gasteiger partial charge >= 0.3 is 26.4 Å². The summed E-state index contributed by atoms with van der Waals surface area (Å²) in [5.41, 5.74) is 0.765. The summed E-state index contributed by atoms with van der Waals surface area (Å²) >= 11 is 0. The third-order valence-electron chi connectivity index (χ3n) is 11.3. The van der Waals surface area contributed by atoms with Crippen LogP contribution in [-0.2, 0) is 26.2 Å². The Kier molecular flexibility index (Phi) is 11.8. The minimum Gasteiger partial charge on any atom is -0.439 e. The Balaban J connectivity index is 1.53. The molecule has 4 aliphatic rings. The maximum Gasteiger partial charge on any atom is 0.320 e. The smallest absolute Gasteiger partial charge is 0.320 e. The van der Waals surface area contributed by atoms with Crippen LogP contribution in [0.3, 0.4) is 0 Å². The molecular formula is C30H64O6Si6. The molecule has 2 bridgehead atoms. The molecule has 0 spiro atoms. The van der Waals surface area contributed by atoms with Crippen LogP contribution in [0.15, 0.2) is 12.2 Å². The van der Waals surface area contributed by atoms with Gasteiger partial charge in [-0.25, -0.2) is 0 Å². The van der Waals surface area contributed by atoms with Crippen molar-refractivity contribution in [1.82, 2.24) is 0 Å². The second-order valence-electron chi connectivity index (χ2n) is 16.4. The van der Waals surface area contributed by atoms with Crippen LogP contribution in [0.5, 0.6) is 0 Å². The van der Waals surface area contributed by atoms with Crippen molar-refractivity contribution in [3.8, 4) is 0 Å². The molecule has 244 valence electrons. The van der Waals surface area contributed by atoms with Gasteiger partial charge < -0.3 is 26.2 Å². The maximum absolute atomic E-state index is 7.68. The molecule has 3 fully saturated rings. The zero-order chi connectivity index (χ0) is 31.0. The van der Waals surface area contributed by atoms with E-state index in [2.05, 4.69) is 84.5 Å². The van der Waals surface area contributed by atoms with E-state index in [4.69, 9.17) is 26.2 Å². The van der Waals surface area contributed by atoms with E-state index in [1.807, 2.05) is 0 Å². The van der Waals surface area contributed by atoms with Gasteiger partial charge in [-0.3, -0.25) is 0 Å². The van der Waals surface area contributed by atoms with Crippen molar-refractivity contribution in [3.63, 3.8) is 0 Å². The fourth-order valence-electron chi connectivity index (χ4n) is 7.84. The lowest BCUT2D eigenvalue weighted by Gasteiger charge is -2.49. The van der Waals surface area contributed by atoms with Crippen molar-refractivity contribution in [1.29, 1.82) is 0 Å². The van der Waals surface area contributed by atoms with Crippen LogP contribution >= 0.6 is 0 Å². The Morgan fingerprint density at radius 2 is 1.67 bits per heavy atom. The Morgan fingerprint density at radius 3 is 2.26 bits per heavy atom. The van der Waals surface area contributed by atoms with Crippen LogP contribution in [0.1, 0.15) is 39.0 Å². The van der Waals surface area contributed by atoms with Crippen LogP contribution in [0.4, 0.5) is 0 Å². The molecule has 0 amide bonds. The number of hydrogen-bond acceptors (Lipinski definition) is 6. The van der Waals surface area contributed by atoms with Crippen molar-refractivity contribution >= 4 is 50.6 Å². The summed E-state index contributed by atoms with van der Waals surface area (Å²) < 4.78 is 40.6. The summed E-state index contributed by atoms with van der Waals surface area (Å²) in [6, 6.07) is 0.970. The molecule has 0 aromatic carbocycles. The van der Waals surface area contributed by atoms with Crippen LogP contribution < -0.4 is 0 Å². The van der Waals surface area contributed by atoms with Gasteiger partial charge in [-0.05, 0) is 94.6 Å². The lowest BCUT2D eigenvalue weighted by molar-refractivity contribution is -0.150. The summed E-state index contributed by atoms with van der Waals surface area (Å²) in [6.07, 6.45) is 11.9. The lowest BCUT2D eigenvalue weighted by atomic mass is 9.81. The molecule has 0 N–H and O–H groups in total. The van der Waals surface area contributed by atoms with Gasteiger partial charge in [0, 0.05) is 23.8 Å². The molecule has 4 rings (SSSR count). The molecule has 42 heavy (non-hydrogen) atoms. The van der Waals surface area contributed by atoms with Gasteiger partial charge in [0.15, 0.2) is 7.83 Å². The summed E-state index contributed by atoms with van der Waals surface area (Å²) in [5.74, 6) is 3.13. The number of rotatable bonds is 18. The van der Waals surface area contributed by atoms with Gasteiger partial charge in [-0.15, -0.1) is 0 Å². The maximum atomic E-state index is 7.68. The number of hydrogen-bond donors (Lipinski definition) is 0. The average molecular weight is 689 g/mol. The molecule has 0 aromatic rings. The summed E-state index contributed by atoms with van der Waals surface area (Å²) in [7, 11) is -11.3. The van der Waals surface area contributed by atoms with Gasteiger partial charge in [-0.2, -0.15) is 0 Å². The first-order chi connectivity index (χ1) is 19.5. The van der Waals surface area contributed by atoms with E-state index in [0.29, 0.717) is 11.5 Å². The fourth-order valence-corrected chi connectivity index (χ4v) is 33.0. The quantitative estimate of drug-likeness (QED) is 0.0868. The second kappa shape index (κ2) is 13.9. The third-order valence-corrected chi connectivity index (χ3v) is 42.2. The SMILES string of the molecule is CCC1(COCCC[Si](C)(O[Si](C)(O[SiH](C)OC[SiH](C)C)C2CC3CC2C2C=CCC32)O[Si](C)(C)[Si](C)(C)C)COC1. The predicted octanol–water partition coefficient (Wildman–Crippen LogP) is 7.13. The highest BCUT2D eigenvalue weighted by Crippen LogP contribution is 2.64. The van der Waals surface area contributed by atoms with Gasteiger partial charge in [0.25, 0.3) is 0 Å². The molecule has 1 aliphatic heterocycles. The minimum atomic E-state index is -2.62. The van der Waals surface area contributed by atoms with Crippen molar-refractivity contribution in [2.75, 3.05) is 32.7 Å². The normalized spacial score (nSPS) is 32.0. The standard InChI is InChI=1S/C30H64O6Si6/c1-12-30(22-32-23-30)21-31-17-14-18-41(10,35-40(8,9)39(5,6)7)36-42(11,34-38(4)33-24-37(2)3)29-20-25-19-28(29)27-16-13-15-26(25)27/h13,16,25-29,37-38H,12,14-15,17-24H2,1-11H3. The van der Waals surface area contributed by atoms with Gasteiger partial charge in [-0.1, -0.05) is 51.8 Å². The zero-order valence-corrected chi connectivity index (χ0v) is 35.2.